The van der Waals surface area contributed by atoms with Gasteiger partial charge in [-0.15, -0.1) is 0 Å². The second-order valence-corrected chi connectivity index (χ2v) is 8.55. The molecule has 2 heterocycles. The number of ether oxygens (including phenoxy) is 1. The van der Waals surface area contributed by atoms with E-state index in [1.165, 1.54) is 21.9 Å². The zero-order valence-electron chi connectivity index (χ0n) is 19.1. The minimum absolute atomic E-state index is 0.0819. The van der Waals surface area contributed by atoms with Crippen LogP contribution in [0.25, 0.3) is 11.1 Å². The number of carbonyl (C=O) groups is 3. The third-order valence-electron chi connectivity index (χ3n) is 6.39. The van der Waals surface area contributed by atoms with Crippen LogP contribution in [0.1, 0.15) is 33.8 Å². The highest BCUT2D eigenvalue weighted by molar-refractivity contribution is 6.02. The molecule has 2 N–H and O–H groups in total. The topological polar surface area (TPSA) is 114 Å². The molecular weight excluding hydrogens is 448 g/mol. The fourth-order valence-corrected chi connectivity index (χ4v) is 4.69. The summed E-state index contributed by atoms with van der Waals surface area (Å²) in [4.78, 5) is 38.4. The maximum absolute atomic E-state index is 13.0. The summed E-state index contributed by atoms with van der Waals surface area (Å²) in [7, 11) is 1.65. The van der Waals surface area contributed by atoms with Crippen molar-refractivity contribution in [3.63, 3.8) is 0 Å². The number of aliphatic carboxylic acids is 1. The van der Waals surface area contributed by atoms with Crippen molar-refractivity contribution in [1.29, 1.82) is 0 Å². The summed E-state index contributed by atoms with van der Waals surface area (Å²) < 4.78 is 7.01. The Labute approximate surface area is 201 Å². The molecule has 2 aromatic carbocycles. The first-order valence-corrected chi connectivity index (χ1v) is 11.3. The molecule has 0 atom stereocenters. The van der Waals surface area contributed by atoms with Crippen molar-refractivity contribution < 1.29 is 24.2 Å². The molecule has 0 radical (unpaired) electrons. The molecule has 35 heavy (non-hydrogen) atoms. The molecule has 9 nitrogen and oxygen atoms in total. The zero-order valence-corrected chi connectivity index (χ0v) is 19.1. The molecule has 5 rings (SSSR count). The highest BCUT2D eigenvalue weighted by Crippen LogP contribution is 2.44. The lowest BCUT2D eigenvalue weighted by atomic mass is 9.98. The number of nitrogens with zero attached hydrogens (tertiary/aromatic N) is 3. The summed E-state index contributed by atoms with van der Waals surface area (Å²) >= 11 is 0. The van der Waals surface area contributed by atoms with Crippen molar-refractivity contribution >= 4 is 23.8 Å². The van der Waals surface area contributed by atoms with Gasteiger partial charge >= 0.3 is 12.1 Å². The van der Waals surface area contributed by atoms with Crippen LogP contribution in [-0.2, 0) is 16.6 Å². The quantitative estimate of drug-likeness (QED) is 0.586. The van der Waals surface area contributed by atoms with E-state index in [9.17, 15) is 14.4 Å². The lowest BCUT2D eigenvalue weighted by Gasteiger charge is -2.25. The second-order valence-electron chi connectivity index (χ2n) is 8.55. The van der Waals surface area contributed by atoms with Crippen molar-refractivity contribution in [3.8, 4) is 11.1 Å². The summed E-state index contributed by atoms with van der Waals surface area (Å²) in [5, 5.41) is 15.9. The number of carboxylic acid groups (broad SMARTS) is 1. The Balaban J connectivity index is 1.27. The van der Waals surface area contributed by atoms with E-state index >= 15 is 0 Å². The van der Waals surface area contributed by atoms with E-state index in [-0.39, 0.29) is 54.9 Å². The minimum atomic E-state index is -0.976. The molecule has 0 unspecified atom stereocenters. The van der Waals surface area contributed by atoms with Gasteiger partial charge < -0.3 is 14.7 Å². The number of aromatic nitrogens is 2. The zero-order chi connectivity index (χ0) is 24.5. The molecule has 9 heteroatoms. The third-order valence-corrected chi connectivity index (χ3v) is 6.39. The summed E-state index contributed by atoms with van der Waals surface area (Å²) in [6.45, 7) is 0.598. The summed E-state index contributed by atoms with van der Waals surface area (Å²) in [6, 6.07) is 16.1. The number of benzene rings is 2. The van der Waals surface area contributed by atoms with Gasteiger partial charge in [-0.2, -0.15) is 5.10 Å². The number of fused-ring (bicyclic) bond motifs is 3. The van der Waals surface area contributed by atoms with Crippen LogP contribution in [0.15, 0.2) is 66.4 Å². The van der Waals surface area contributed by atoms with Crippen molar-refractivity contribution in [2.45, 2.75) is 12.3 Å². The molecule has 1 aliphatic heterocycles. The normalized spacial score (nSPS) is 14.7. The summed E-state index contributed by atoms with van der Waals surface area (Å²) in [6.07, 6.45) is 2.61. The Bertz CT molecular complexity index is 1310. The van der Waals surface area contributed by atoms with Crippen molar-refractivity contribution in [2.24, 2.45) is 7.05 Å². The predicted molar refractivity (Wildman–Crippen MR) is 128 cm³/mol. The number of aryl methyl sites for hydroxylation is 1. The van der Waals surface area contributed by atoms with E-state index in [1.54, 1.807) is 7.05 Å². The van der Waals surface area contributed by atoms with Crippen LogP contribution in [0, 0.1) is 0 Å². The van der Waals surface area contributed by atoms with E-state index in [1.807, 2.05) is 36.4 Å². The lowest BCUT2D eigenvalue weighted by molar-refractivity contribution is -0.133. The van der Waals surface area contributed by atoms with E-state index < -0.39 is 12.1 Å². The number of carbonyl (C=O) groups excluding carboxylic acids is 2. The molecule has 1 aromatic heterocycles. The highest BCUT2D eigenvalue weighted by atomic mass is 16.5. The third kappa shape index (κ3) is 4.28. The van der Waals surface area contributed by atoms with Crippen LogP contribution in [0.5, 0.6) is 0 Å². The first-order valence-electron chi connectivity index (χ1n) is 11.3. The fraction of sp³-hybridized carbons (Fsp3) is 0.231. The van der Waals surface area contributed by atoms with Gasteiger partial charge in [-0.05, 0) is 28.7 Å². The van der Waals surface area contributed by atoms with Crippen LogP contribution in [0.4, 0.5) is 10.6 Å². The molecule has 0 bridgehead atoms. The number of carboxylic acids is 1. The van der Waals surface area contributed by atoms with Crippen molar-refractivity contribution in [1.82, 2.24) is 14.7 Å². The Morgan fingerprint density at radius 3 is 2.34 bits per heavy atom. The number of amides is 2. The predicted octanol–water partition coefficient (Wildman–Crippen LogP) is 3.64. The Morgan fingerprint density at radius 1 is 1.09 bits per heavy atom. The number of hydrogen-bond donors (Lipinski definition) is 2. The molecule has 0 saturated heterocycles. The largest absolute Gasteiger partial charge is 0.478 e. The van der Waals surface area contributed by atoms with Crippen LogP contribution >= 0.6 is 0 Å². The molecule has 178 valence electrons. The fourth-order valence-electron chi connectivity index (χ4n) is 4.69. The lowest BCUT2D eigenvalue weighted by Crippen LogP contribution is -2.36. The highest BCUT2D eigenvalue weighted by Gasteiger charge is 2.30. The number of nitrogens with one attached hydrogen (secondary N) is 1. The number of anilines is 1. The van der Waals surface area contributed by atoms with E-state index in [0.717, 1.165) is 22.3 Å². The molecule has 0 fully saturated rings. The number of rotatable bonds is 5. The van der Waals surface area contributed by atoms with Gasteiger partial charge in [-0.25, -0.2) is 9.59 Å². The molecule has 0 spiro atoms. The first kappa shape index (κ1) is 22.4. The number of hydrogen-bond acceptors (Lipinski definition) is 5. The van der Waals surface area contributed by atoms with E-state index in [0.29, 0.717) is 0 Å². The Kier molecular flexibility index (Phi) is 5.82. The van der Waals surface area contributed by atoms with Gasteiger partial charge in [0.25, 0.3) is 5.91 Å². The van der Waals surface area contributed by atoms with Gasteiger partial charge in [-0.1, -0.05) is 54.6 Å². The van der Waals surface area contributed by atoms with Crippen LogP contribution < -0.4 is 5.32 Å². The molecule has 3 aromatic rings. The van der Waals surface area contributed by atoms with Gasteiger partial charge in [0.2, 0.25) is 0 Å². The van der Waals surface area contributed by atoms with Gasteiger partial charge in [0.1, 0.15) is 12.2 Å². The van der Waals surface area contributed by atoms with Crippen LogP contribution in [0.2, 0.25) is 0 Å². The van der Waals surface area contributed by atoms with Crippen molar-refractivity contribution in [2.75, 3.05) is 25.0 Å². The maximum atomic E-state index is 13.0. The van der Waals surface area contributed by atoms with Crippen LogP contribution in [0.3, 0.4) is 0 Å². The maximum Gasteiger partial charge on any atom is 0.412 e. The smallest absolute Gasteiger partial charge is 0.412 e. The average Bonchev–Trinajstić information content (AvgIpc) is 3.39. The molecule has 2 aliphatic rings. The van der Waals surface area contributed by atoms with Gasteiger partial charge in [-0.3, -0.25) is 14.8 Å². The Hall–Kier alpha value is -4.40. The summed E-state index contributed by atoms with van der Waals surface area (Å²) in [5.41, 5.74) is 4.99. The molecular formula is C26H24N4O5. The van der Waals surface area contributed by atoms with Gasteiger partial charge in [0.15, 0.2) is 5.82 Å². The van der Waals surface area contributed by atoms with E-state index in [4.69, 9.17) is 9.84 Å². The van der Waals surface area contributed by atoms with Gasteiger partial charge in [0.05, 0.1) is 0 Å². The molecule has 2 amide bonds. The molecule has 0 saturated carbocycles. The molecule has 1 aliphatic carbocycles. The van der Waals surface area contributed by atoms with Crippen LogP contribution in [-0.4, -0.2) is 57.5 Å². The van der Waals surface area contributed by atoms with E-state index in [2.05, 4.69) is 22.5 Å². The van der Waals surface area contributed by atoms with Crippen molar-refractivity contribution in [3.05, 3.63) is 83.1 Å². The standard InChI is InChI=1S/C26H24N4O5/c1-29-14-21(24(31)30-12-10-16(11-13-30)25(32)33)23(28-29)27-26(34)35-15-22-19-8-4-2-6-17(19)18-7-3-5-9-20(18)22/h2-10,14,22H,11-13,15H2,1H3,(H,32,33)(H,27,28,34). The minimum Gasteiger partial charge on any atom is -0.478 e. The SMILES string of the molecule is Cn1cc(C(=O)N2CC=C(C(=O)O)CC2)c(NC(=O)OCC2c3ccccc3-c3ccccc32)n1. The average molecular weight is 473 g/mol. The first-order chi connectivity index (χ1) is 16.9. The monoisotopic (exact) mass is 472 g/mol. The summed E-state index contributed by atoms with van der Waals surface area (Å²) in [5.74, 6) is -1.30. The second kappa shape index (κ2) is 9.09. The van der Waals surface area contributed by atoms with Gasteiger partial charge in [0, 0.05) is 37.8 Å². The Morgan fingerprint density at radius 2 is 1.74 bits per heavy atom.